The Kier molecular flexibility index (Phi) is 4.21. The summed E-state index contributed by atoms with van der Waals surface area (Å²) < 4.78 is 4.49. The van der Waals surface area contributed by atoms with Crippen molar-refractivity contribution in [3.63, 3.8) is 0 Å². The van der Waals surface area contributed by atoms with Gasteiger partial charge in [0.1, 0.15) is 5.75 Å². The van der Waals surface area contributed by atoms with Crippen LogP contribution in [0.2, 0.25) is 5.02 Å². The zero-order valence-electron chi connectivity index (χ0n) is 9.30. The molecule has 1 aromatic carbocycles. The summed E-state index contributed by atoms with van der Waals surface area (Å²) in [7, 11) is 1.54. The lowest BCUT2D eigenvalue weighted by molar-refractivity contribution is -0.117. The number of rotatable bonds is 3. The molecule has 5 heteroatoms. The van der Waals surface area contributed by atoms with E-state index in [1.807, 2.05) is 0 Å². The molecular formula is C11H13BrClNO2. The Balaban J connectivity index is 2.96. The molecule has 0 saturated heterocycles. The number of benzene rings is 1. The van der Waals surface area contributed by atoms with Crippen LogP contribution in [0.15, 0.2) is 18.2 Å². The number of methoxy groups -OCH3 is 1. The number of carbonyl (C=O) groups is 1. The normalized spacial score (nSPS) is 11.1. The van der Waals surface area contributed by atoms with Gasteiger partial charge in [-0.1, -0.05) is 27.5 Å². The molecule has 0 aliphatic carbocycles. The fourth-order valence-electron chi connectivity index (χ4n) is 1.05. The van der Waals surface area contributed by atoms with E-state index in [1.54, 1.807) is 32.0 Å². The highest BCUT2D eigenvalue weighted by Crippen LogP contribution is 2.29. The first-order chi connectivity index (χ1) is 7.34. The summed E-state index contributed by atoms with van der Waals surface area (Å²) >= 11 is 9.13. The molecule has 3 nitrogen and oxygen atoms in total. The molecule has 0 spiro atoms. The van der Waals surface area contributed by atoms with E-state index in [1.165, 1.54) is 7.11 Å². The Labute approximate surface area is 108 Å². The molecule has 0 radical (unpaired) electrons. The minimum absolute atomic E-state index is 0.159. The van der Waals surface area contributed by atoms with Crippen LogP contribution in [0.3, 0.4) is 0 Å². The first-order valence-electron chi connectivity index (χ1n) is 4.68. The summed E-state index contributed by atoms with van der Waals surface area (Å²) in [6.07, 6.45) is 0. The van der Waals surface area contributed by atoms with E-state index in [0.717, 1.165) is 0 Å². The second kappa shape index (κ2) is 5.06. The van der Waals surface area contributed by atoms with Crippen molar-refractivity contribution in [2.45, 2.75) is 18.2 Å². The van der Waals surface area contributed by atoms with E-state index in [-0.39, 0.29) is 5.91 Å². The van der Waals surface area contributed by atoms with Gasteiger partial charge in [-0.05, 0) is 32.0 Å². The molecule has 1 aromatic rings. The molecule has 0 saturated carbocycles. The van der Waals surface area contributed by atoms with E-state index in [9.17, 15) is 4.79 Å². The molecule has 0 aliphatic heterocycles. The average molecular weight is 307 g/mol. The number of halogens is 2. The predicted octanol–water partition coefficient (Wildman–Crippen LogP) is 3.46. The van der Waals surface area contributed by atoms with Crippen LogP contribution in [0.1, 0.15) is 13.8 Å². The molecule has 0 bridgehead atoms. The zero-order chi connectivity index (χ0) is 12.3. The molecule has 1 amide bonds. The molecule has 0 fully saturated rings. The fourth-order valence-corrected chi connectivity index (χ4v) is 1.32. The second-order valence-corrected chi connectivity index (χ2v) is 6.19. The van der Waals surface area contributed by atoms with E-state index in [4.69, 9.17) is 16.3 Å². The van der Waals surface area contributed by atoms with Crippen molar-refractivity contribution in [2.24, 2.45) is 0 Å². The van der Waals surface area contributed by atoms with Gasteiger partial charge in [0.25, 0.3) is 0 Å². The van der Waals surface area contributed by atoms with Gasteiger partial charge in [-0.2, -0.15) is 0 Å². The van der Waals surface area contributed by atoms with Crippen LogP contribution in [0.4, 0.5) is 5.69 Å². The average Bonchev–Trinajstić information content (AvgIpc) is 2.16. The van der Waals surface area contributed by atoms with Gasteiger partial charge in [0.05, 0.1) is 17.1 Å². The molecule has 0 heterocycles. The molecule has 0 atom stereocenters. The number of hydrogen-bond donors (Lipinski definition) is 1. The third kappa shape index (κ3) is 3.39. The number of amides is 1. The SMILES string of the molecule is COc1ccc(Cl)cc1NC(=O)C(C)(C)Br. The van der Waals surface area contributed by atoms with E-state index in [0.29, 0.717) is 16.5 Å². The molecule has 88 valence electrons. The summed E-state index contributed by atoms with van der Waals surface area (Å²) in [4.78, 5) is 11.8. The predicted molar refractivity (Wildman–Crippen MR) is 69.6 cm³/mol. The Bertz CT molecular complexity index is 401. The third-order valence-corrected chi connectivity index (χ3v) is 2.54. The summed E-state index contributed by atoms with van der Waals surface area (Å²) in [6.45, 7) is 3.53. The largest absolute Gasteiger partial charge is 0.495 e. The van der Waals surface area contributed by atoms with Crippen molar-refractivity contribution in [3.8, 4) is 5.75 Å². The fraction of sp³-hybridized carbons (Fsp3) is 0.364. The van der Waals surface area contributed by atoms with E-state index < -0.39 is 4.32 Å². The third-order valence-electron chi connectivity index (χ3n) is 1.95. The smallest absolute Gasteiger partial charge is 0.240 e. The second-order valence-electron chi connectivity index (χ2n) is 3.77. The maximum atomic E-state index is 11.8. The minimum Gasteiger partial charge on any atom is -0.495 e. The Morgan fingerprint density at radius 1 is 1.50 bits per heavy atom. The lowest BCUT2D eigenvalue weighted by Gasteiger charge is -2.17. The van der Waals surface area contributed by atoms with Gasteiger partial charge in [-0.25, -0.2) is 0 Å². The van der Waals surface area contributed by atoms with Crippen LogP contribution in [0, 0.1) is 0 Å². The number of nitrogens with one attached hydrogen (secondary N) is 1. The van der Waals surface area contributed by atoms with E-state index in [2.05, 4.69) is 21.2 Å². The first-order valence-corrected chi connectivity index (χ1v) is 5.85. The monoisotopic (exact) mass is 305 g/mol. The van der Waals surface area contributed by atoms with Crippen LogP contribution in [0.25, 0.3) is 0 Å². The highest BCUT2D eigenvalue weighted by molar-refractivity contribution is 9.10. The van der Waals surface area contributed by atoms with Gasteiger partial charge in [-0.15, -0.1) is 0 Å². The Morgan fingerprint density at radius 2 is 2.12 bits per heavy atom. The summed E-state index contributed by atoms with van der Waals surface area (Å²) in [6, 6.07) is 5.06. The quantitative estimate of drug-likeness (QED) is 0.869. The highest BCUT2D eigenvalue weighted by Gasteiger charge is 2.24. The first kappa shape index (κ1) is 13.3. The lowest BCUT2D eigenvalue weighted by Crippen LogP contribution is -2.31. The van der Waals surface area contributed by atoms with Gasteiger partial charge in [-0.3, -0.25) is 4.79 Å². The number of hydrogen-bond acceptors (Lipinski definition) is 2. The van der Waals surface area contributed by atoms with Crippen LogP contribution in [0.5, 0.6) is 5.75 Å². The molecule has 1 rings (SSSR count). The van der Waals surface area contributed by atoms with Crippen LogP contribution >= 0.6 is 27.5 Å². The molecular weight excluding hydrogens is 293 g/mol. The van der Waals surface area contributed by atoms with Crippen molar-refractivity contribution >= 4 is 39.1 Å². The highest BCUT2D eigenvalue weighted by atomic mass is 79.9. The maximum Gasteiger partial charge on any atom is 0.240 e. The van der Waals surface area contributed by atoms with Gasteiger partial charge in [0, 0.05) is 5.02 Å². The Morgan fingerprint density at radius 3 is 2.62 bits per heavy atom. The number of alkyl halides is 1. The minimum atomic E-state index is -0.639. The topological polar surface area (TPSA) is 38.3 Å². The number of carbonyl (C=O) groups excluding carboxylic acids is 1. The standard InChI is InChI=1S/C11H13BrClNO2/c1-11(2,12)10(15)14-8-6-7(13)4-5-9(8)16-3/h4-6H,1-3H3,(H,14,15). The van der Waals surface area contributed by atoms with Gasteiger partial charge < -0.3 is 10.1 Å². The molecule has 0 aromatic heterocycles. The summed E-state index contributed by atoms with van der Waals surface area (Å²) in [5.74, 6) is 0.419. The van der Waals surface area contributed by atoms with Crippen molar-refractivity contribution in [1.82, 2.24) is 0 Å². The van der Waals surface area contributed by atoms with Gasteiger partial charge >= 0.3 is 0 Å². The van der Waals surface area contributed by atoms with Crippen LogP contribution < -0.4 is 10.1 Å². The number of ether oxygens (including phenoxy) is 1. The van der Waals surface area contributed by atoms with Crippen molar-refractivity contribution in [1.29, 1.82) is 0 Å². The lowest BCUT2D eigenvalue weighted by atomic mass is 10.2. The molecule has 16 heavy (non-hydrogen) atoms. The van der Waals surface area contributed by atoms with Crippen molar-refractivity contribution in [3.05, 3.63) is 23.2 Å². The van der Waals surface area contributed by atoms with Crippen LogP contribution in [-0.4, -0.2) is 17.3 Å². The summed E-state index contributed by atoms with van der Waals surface area (Å²) in [5, 5.41) is 3.29. The van der Waals surface area contributed by atoms with Gasteiger partial charge in [0.2, 0.25) is 5.91 Å². The zero-order valence-corrected chi connectivity index (χ0v) is 11.6. The molecule has 0 aliphatic rings. The molecule has 0 unspecified atom stereocenters. The van der Waals surface area contributed by atoms with Gasteiger partial charge in [0.15, 0.2) is 0 Å². The summed E-state index contributed by atoms with van der Waals surface area (Å²) in [5.41, 5.74) is 0.563. The van der Waals surface area contributed by atoms with Crippen molar-refractivity contribution in [2.75, 3.05) is 12.4 Å². The van der Waals surface area contributed by atoms with Crippen LogP contribution in [-0.2, 0) is 4.79 Å². The van der Waals surface area contributed by atoms with E-state index >= 15 is 0 Å². The van der Waals surface area contributed by atoms with Crippen molar-refractivity contribution < 1.29 is 9.53 Å². The maximum absolute atomic E-state index is 11.8. The Hall–Kier alpha value is -0.740. The molecule has 1 N–H and O–H groups in total. The number of anilines is 1.